The average Bonchev–Trinajstić information content (AvgIpc) is 2.18. The van der Waals surface area contributed by atoms with Gasteiger partial charge in [0.2, 0.25) is 0 Å². The first-order valence-electron chi connectivity index (χ1n) is 5.49. The van der Waals surface area contributed by atoms with Crippen LogP contribution in [0, 0.1) is 17.6 Å². The van der Waals surface area contributed by atoms with Crippen molar-refractivity contribution in [1.29, 1.82) is 0 Å². The molecule has 1 aliphatic rings. The molecule has 1 fully saturated rings. The van der Waals surface area contributed by atoms with Crippen molar-refractivity contribution in [2.45, 2.75) is 31.4 Å². The van der Waals surface area contributed by atoms with E-state index in [-0.39, 0.29) is 23.9 Å². The molecule has 1 aromatic carbocycles. The normalized spacial score (nSPS) is 19.1. The number of hydrogen-bond donors (Lipinski definition) is 2. The Labute approximate surface area is 105 Å². The van der Waals surface area contributed by atoms with Crippen molar-refractivity contribution >= 4 is 12.4 Å². The Morgan fingerprint density at radius 2 is 1.94 bits per heavy atom. The van der Waals surface area contributed by atoms with E-state index in [9.17, 15) is 13.9 Å². The average molecular weight is 264 g/mol. The van der Waals surface area contributed by atoms with Crippen LogP contribution in [0.25, 0.3) is 0 Å². The third kappa shape index (κ3) is 2.76. The lowest BCUT2D eigenvalue weighted by Gasteiger charge is -2.33. The minimum Gasteiger partial charge on any atom is -0.391 e. The van der Waals surface area contributed by atoms with Gasteiger partial charge in [0.1, 0.15) is 0 Å². The van der Waals surface area contributed by atoms with E-state index in [4.69, 9.17) is 5.73 Å². The molecular weight excluding hydrogens is 248 g/mol. The highest BCUT2D eigenvalue weighted by molar-refractivity contribution is 5.85. The van der Waals surface area contributed by atoms with Crippen LogP contribution in [0.3, 0.4) is 0 Å². The van der Waals surface area contributed by atoms with Crippen molar-refractivity contribution in [2.24, 2.45) is 11.7 Å². The van der Waals surface area contributed by atoms with Crippen molar-refractivity contribution in [3.05, 3.63) is 35.4 Å². The molecule has 2 atom stereocenters. The number of aliphatic hydroxyl groups is 1. The highest BCUT2D eigenvalue weighted by atomic mass is 35.5. The second kappa shape index (κ2) is 5.76. The third-order valence-corrected chi connectivity index (χ3v) is 3.34. The summed E-state index contributed by atoms with van der Waals surface area (Å²) in [5.41, 5.74) is 5.82. The summed E-state index contributed by atoms with van der Waals surface area (Å²) < 4.78 is 26.4. The van der Waals surface area contributed by atoms with Gasteiger partial charge in [-0.25, -0.2) is 8.78 Å². The van der Waals surface area contributed by atoms with Crippen LogP contribution in [-0.4, -0.2) is 11.2 Å². The molecule has 0 heterocycles. The second-order valence-corrected chi connectivity index (χ2v) is 4.35. The summed E-state index contributed by atoms with van der Waals surface area (Å²) in [5.74, 6) is -1.75. The topological polar surface area (TPSA) is 46.2 Å². The maximum atomic E-state index is 13.4. The van der Waals surface area contributed by atoms with E-state index < -0.39 is 23.8 Å². The maximum absolute atomic E-state index is 13.4. The molecule has 0 unspecified atom stereocenters. The molecule has 3 N–H and O–H groups in total. The van der Waals surface area contributed by atoms with E-state index in [0.29, 0.717) is 0 Å². The van der Waals surface area contributed by atoms with Gasteiger partial charge in [-0.1, -0.05) is 18.6 Å². The Hall–Kier alpha value is -0.710. The summed E-state index contributed by atoms with van der Waals surface area (Å²) in [5, 5.41) is 9.89. The number of aliphatic hydroxyl groups excluding tert-OH is 1. The number of hydrogen-bond acceptors (Lipinski definition) is 2. The Bertz CT molecular complexity index is 385. The van der Waals surface area contributed by atoms with Crippen LogP contribution in [0.4, 0.5) is 8.78 Å². The molecule has 0 bridgehead atoms. The lowest BCUT2D eigenvalue weighted by molar-refractivity contribution is 0.0403. The Morgan fingerprint density at radius 3 is 2.47 bits per heavy atom. The van der Waals surface area contributed by atoms with Crippen molar-refractivity contribution in [3.8, 4) is 0 Å². The monoisotopic (exact) mass is 263 g/mol. The van der Waals surface area contributed by atoms with Crippen molar-refractivity contribution in [3.63, 3.8) is 0 Å². The molecule has 17 heavy (non-hydrogen) atoms. The zero-order valence-corrected chi connectivity index (χ0v) is 10.1. The first-order chi connectivity index (χ1) is 7.61. The van der Waals surface area contributed by atoms with Crippen LogP contribution in [0.1, 0.15) is 30.9 Å². The molecular formula is C12H16ClF2NO. The standard InChI is InChI=1S/C12H15F2NO.ClH/c13-9-6-2-5-8(10(9)14)11(15)12(16)7-3-1-4-7;/h2,5-7,11-12,16H,1,3-4,15H2;1H/t11-,12+;/m0./s1. The molecule has 0 spiro atoms. The molecule has 1 aliphatic carbocycles. The fourth-order valence-electron chi connectivity index (χ4n) is 2.04. The summed E-state index contributed by atoms with van der Waals surface area (Å²) in [7, 11) is 0. The summed E-state index contributed by atoms with van der Waals surface area (Å²) in [6, 6.07) is 3.02. The molecule has 0 radical (unpaired) electrons. The largest absolute Gasteiger partial charge is 0.391 e. The number of benzene rings is 1. The molecule has 0 aromatic heterocycles. The number of nitrogens with two attached hydrogens (primary N) is 1. The minimum atomic E-state index is -0.951. The van der Waals surface area contributed by atoms with Gasteiger partial charge in [0.05, 0.1) is 12.1 Å². The van der Waals surface area contributed by atoms with Gasteiger partial charge >= 0.3 is 0 Å². The fourth-order valence-corrected chi connectivity index (χ4v) is 2.04. The molecule has 2 rings (SSSR count). The van der Waals surface area contributed by atoms with Gasteiger partial charge in [-0.2, -0.15) is 0 Å². The summed E-state index contributed by atoms with van der Waals surface area (Å²) >= 11 is 0. The van der Waals surface area contributed by atoms with Crippen LogP contribution in [-0.2, 0) is 0 Å². The van der Waals surface area contributed by atoms with Crippen molar-refractivity contribution in [1.82, 2.24) is 0 Å². The Kier molecular flexibility index (Phi) is 4.86. The number of halogens is 3. The van der Waals surface area contributed by atoms with E-state index in [1.807, 2.05) is 0 Å². The predicted octanol–water partition coefficient (Wildman–Crippen LogP) is 2.55. The van der Waals surface area contributed by atoms with Crippen LogP contribution >= 0.6 is 12.4 Å². The van der Waals surface area contributed by atoms with E-state index in [0.717, 1.165) is 25.3 Å². The Balaban J connectivity index is 0.00000144. The zero-order valence-electron chi connectivity index (χ0n) is 9.27. The molecule has 0 amide bonds. The molecule has 0 saturated heterocycles. The quantitative estimate of drug-likeness (QED) is 0.880. The smallest absolute Gasteiger partial charge is 0.163 e. The van der Waals surface area contributed by atoms with Crippen molar-refractivity contribution < 1.29 is 13.9 Å². The van der Waals surface area contributed by atoms with E-state index in [2.05, 4.69) is 0 Å². The first kappa shape index (κ1) is 14.4. The van der Waals surface area contributed by atoms with Gasteiger partial charge in [0.25, 0.3) is 0 Å². The summed E-state index contributed by atoms with van der Waals surface area (Å²) in [6.45, 7) is 0. The zero-order chi connectivity index (χ0) is 11.7. The molecule has 1 saturated carbocycles. The van der Waals surface area contributed by atoms with Crippen LogP contribution in [0.5, 0.6) is 0 Å². The first-order valence-corrected chi connectivity index (χ1v) is 5.49. The highest BCUT2D eigenvalue weighted by Crippen LogP contribution is 2.34. The molecule has 0 aliphatic heterocycles. The van der Waals surface area contributed by atoms with Gasteiger partial charge in [-0.3, -0.25) is 0 Å². The summed E-state index contributed by atoms with van der Waals surface area (Å²) in [4.78, 5) is 0. The lowest BCUT2D eigenvalue weighted by Crippen LogP contribution is -2.37. The van der Waals surface area contributed by atoms with Crippen LogP contribution in [0.15, 0.2) is 18.2 Å². The van der Waals surface area contributed by atoms with Crippen LogP contribution < -0.4 is 5.73 Å². The summed E-state index contributed by atoms with van der Waals surface area (Å²) in [6.07, 6.45) is 2.10. The Morgan fingerprint density at radius 1 is 1.29 bits per heavy atom. The highest BCUT2D eigenvalue weighted by Gasteiger charge is 2.32. The van der Waals surface area contributed by atoms with E-state index in [1.165, 1.54) is 12.1 Å². The fraction of sp³-hybridized carbons (Fsp3) is 0.500. The van der Waals surface area contributed by atoms with Crippen LogP contribution in [0.2, 0.25) is 0 Å². The second-order valence-electron chi connectivity index (χ2n) is 4.35. The molecule has 96 valence electrons. The predicted molar refractivity (Wildman–Crippen MR) is 63.9 cm³/mol. The number of rotatable bonds is 3. The van der Waals surface area contributed by atoms with Gasteiger partial charge in [-0.05, 0) is 24.8 Å². The minimum absolute atomic E-state index is 0. The van der Waals surface area contributed by atoms with Gasteiger partial charge < -0.3 is 10.8 Å². The maximum Gasteiger partial charge on any atom is 0.163 e. The van der Waals surface area contributed by atoms with E-state index >= 15 is 0 Å². The SMILES string of the molecule is Cl.N[C@@H](c1cccc(F)c1F)[C@H](O)C1CCC1. The van der Waals surface area contributed by atoms with Gasteiger partial charge in [0.15, 0.2) is 11.6 Å². The molecule has 1 aromatic rings. The van der Waals surface area contributed by atoms with E-state index in [1.54, 1.807) is 0 Å². The molecule has 2 nitrogen and oxygen atoms in total. The lowest BCUT2D eigenvalue weighted by atomic mass is 9.77. The van der Waals surface area contributed by atoms with Crippen molar-refractivity contribution in [2.75, 3.05) is 0 Å². The van der Waals surface area contributed by atoms with Gasteiger partial charge in [0, 0.05) is 5.56 Å². The van der Waals surface area contributed by atoms with Gasteiger partial charge in [-0.15, -0.1) is 12.4 Å². The third-order valence-electron chi connectivity index (χ3n) is 3.34. The molecule has 5 heteroatoms.